The van der Waals surface area contributed by atoms with Crippen molar-refractivity contribution in [1.82, 2.24) is 20.0 Å². The third-order valence-electron chi connectivity index (χ3n) is 3.83. The van der Waals surface area contributed by atoms with Gasteiger partial charge < -0.3 is 10.5 Å². The average Bonchev–Trinajstić information content (AvgIpc) is 3.29. The Bertz CT molecular complexity index is 1060. The molecule has 4 aromatic rings. The van der Waals surface area contributed by atoms with E-state index >= 15 is 0 Å². The van der Waals surface area contributed by atoms with Gasteiger partial charge in [0.25, 0.3) is 0 Å². The summed E-state index contributed by atoms with van der Waals surface area (Å²) in [5, 5.41) is 13.6. The zero-order valence-electron chi connectivity index (χ0n) is 13.8. The molecule has 0 fully saturated rings. The number of aromatic nitrogens is 4. The highest BCUT2D eigenvalue weighted by Gasteiger charge is 2.18. The highest BCUT2D eigenvalue weighted by Crippen LogP contribution is 2.35. The van der Waals surface area contributed by atoms with Gasteiger partial charge in [-0.05, 0) is 30.3 Å². The Kier molecular flexibility index (Phi) is 4.10. The lowest BCUT2D eigenvalue weighted by Crippen LogP contribution is -1.94. The summed E-state index contributed by atoms with van der Waals surface area (Å²) in [6, 6.07) is 14.4. The van der Waals surface area contributed by atoms with Crippen molar-refractivity contribution in [3.05, 3.63) is 60.5 Å². The third kappa shape index (κ3) is 2.91. The van der Waals surface area contributed by atoms with E-state index in [0.717, 1.165) is 11.3 Å². The van der Waals surface area contributed by atoms with E-state index < -0.39 is 5.82 Å². The minimum Gasteiger partial charge on any atom is -0.494 e. The largest absolute Gasteiger partial charge is 0.494 e. The molecule has 0 aliphatic rings. The van der Waals surface area contributed by atoms with Gasteiger partial charge in [-0.2, -0.15) is 5.10 Å². The predicted octanol–water partition coefficient (Wildman–Crippen LogP) is 3.79. The molecule has 0 bridgehead atoms. The highest BCUT2D eigenvalue weighted by molar-refractivity contribution is 7.18. The number of para-hydroxylation sites is 1. The molecule has 0 atom stereocenters. The standard InChI is InChI=1S/C18H14FN5OS/c1-25-15-8-7-11(9-14(15)19)16-13(17-21-22-18(20)26-17)10-24(23-16)12-5-3-2-4-6-12/h2-10H,1H3,(H2,20,22). The molecule has 0 spiro atoms. The van der Waals surface area contributed by atoms with Gasteiger partial charge in [-0.25, -0.2) is 9.07 Å². The predicted molar refractivity (Wildman–Crippen MR) is 98.8 cm³/mol. The summed E-state index contributed by atoms with van der Waals surface area (Å²) in [5.41, 5.74) is 8.54. The molecule has 2 N–H and O–H groups in total. The average molecular weight is 367 g/mol. The van der Waals surface area contributed by atoms with Crippen molar-refractivity contribution in [2.75, 3.05) is 12.8 Å². The van der Waals surface area contributed by atoms with Gasteiger partial charge in [0.05, 0.1) is 18.4 Å². The van der Waals surface area contributed by atoms with Gasteiger partial charge in [0.1, 0.15) is 5.69 Å². The molecule has 130 valence electrons. The minimum absolute atomic E-state index is 0.179. The van der Waals surface area contributed by atoms with Crippen LogP contribution < -0.4 is 10.5 Å². The van der Waals surface area contributed by atoms with Gasteiger partial charge in [0.2, 0.25) is 5.13 Å². The lowest BCUT2D eigenvalue weighted by molar-refractivity contribution is 0.386. The van der Waals surface area contributed by atoms with E-state index in [2.05, 4.69) is 15.3 Å². The van der Waals surface area contributed by atoms with E-state index in [9.17, 15) is 4.39 Å². The fourth-order valence-electron chi connectivity index (χ4n) is 2.61. The molecule has 2 aromatic carbocycles. The fraction of sp³-hybridized carbons (Fsp3) is 0.0556. The summed E-state index contributed by atoms with van der Waals surface area (Å²) >= 11 is 1.25. The number of anilines is 1. The van der Waals surface area contributed by atoms with Crippen LogP contribution in [0.4, 0.5) is 9.52 Å². The second kappa shape index (κ2) is 6.57. The number of rotatable bonds is 4. The molecule has 0 saturated heterocycles. The second-order valence-electron chi connectivity index (χ2n) is 5.47. The van der Waals surface area contributed by atoms with Gasteiger partial charge in [0.15, 0.2) is 16.6 Å². The van der Waals surface area contributed by atoms with Crippen molar-refractivity contribution in [2.24, 2.45) is 0 Å². The molecule has 0 unspecified atom stereocenters. The van der Waals surface area contributed by atoms with Crippen LogP contribution in [-0.2, 0) is 0 Å². The fourth-order valence-corrected chi connectivity index (χ4v) is 3.23. The van der Waals surface area contributed by atoms with E-state index in [1.54, 1.807) is 16.8 Å². The zero-order chi connectivity index (χ0) is 18.1. The van der Waals surface area contributed by atoms with E-state index in [1.807, 2.05) is 36.5 Å². The van der Waals surface area contributed by atoms with Gasteiger partial charge in [0, 0.05) is 11.8 Å². The quantitative estimate of drug-likeness (QED) is 0.594. The number of nitrogen functional groups attached to an aromatic ring is 1. The van der Waals surface area contributed by atoms with Crippen LogP contribution in [-0.4, -0.2) is 27.1 Å². The Morgan fingerprint density at radius 2 is 1.92 bits per heavy atom. The molecule has 2 heterocycles. The second-order valence-corrected chi connectivity index (χ2v) is 6.48. The minimum atomic E-state index is -0.456. The topological polar surface area (TPSA) is 78.8 Å². The first kappa shape index (κ1) is 16.2. The van der Waals surface area contributed by atoms with E-state index in [1.165, 1.54) is 24.5 Å². The Hall–Kier alpha value is -3.26. The molecule has 6 nitrogen and oxygen atoms in total. The monoisotopic (exact) mass is 367 g/mol. The van der Waals surface area contributed by atoms with E-state index in [0.29, 0.717) is 21.4 Å². The summed E-state index contributed by atoms with van der Waals surface area (Å²) in [5.74, 6) is -0.278. The lowest BCUT2D eigenvalue weighted by atomic mass is 10.1. The van der Waals surface area contributed by atoms with Crippen LogP contribution in [0, 0.1) is 5.82 Å². The third-order valence-corrected chi connectivity index (χ3v) is 4.62. The SMILES string of the molecule is COc1ccc(-c2nn(-c3ccccc3)cc2-c2nnc(N)s2)cc1F. The molecular weight excluding hydrogens is 353 g/mol. The van der Waals surface area contributed by atoms with Gasteiger partial charge in [-0.3, -0.25) is 0 Å². The van der Waals surface area contributed by atoms with Gasteiger partial charge in [-0.1, -0.05) is 29.5 Å². The number of benzene rings is 2. The number of nitrogens with zero attached hydrogens (tertiary/aromatic N) is 4. The maximum absolute atomic E-state index is 14.2. The van der Waals surface area contributed by atoms with Gasteiger partial charge in [-0.15, -0.1) is 10.2 Å². The summed E-state index contributed by atoms with van der Waals surface area (Å²) in [6.45, 7) is 0. The molecule has 0 aliphatic heterocycles. The maximum atomic E-state index is 14.2. The first-order valence-corrected chi connectivity index (χ1v) is 8.55. The highest BCUT2D eigenvalue weighted by atomic mass is 32.1. The number of nitrogens with two attached hydrogens (primary N) is 1. The summed E-state index contributed by atoms with van der Waals surface area (Å²) < 4.78 is 20.9. The number of hydrogen-bond donors (Lipinski definition) is 1. The van der Waals surface area contributed by atoms with Crippen LogP contribution >= 0.6 is 11.3 Å². The van der Waals surface area contributed by atoms with E-state index in [-0.39, 0.29) is 5.75 Å². The molecule has 0 radical (unpaired) electrons. The van der Waals surface area contributed by atoms with E-state index in [4.69, 9.17) is 10.5 Å². The van der Waals surface area contributed by atoms with Crippen molar-refractivity contribution in [3.63, 3.8) is 0 Å². The number of ether oxygens (including phenoxy) is 1. The molecule has 0 aliphatic carbocycles. The van der Waals surface area contributed by atoms with Crippen molar-refractivity contribution in [3.8, 4) is 33.3 Å². The van der Waals surface area contributed by atoms with Crippen LogP contribution in [0.3, 0.4) is 0 Å². The van der Waals surface area contributed by atoms with Crippen LogP contribution in [0.5, 0.6) is 5.75 Å². The normalized spacial score (nSPS) is 10.8. The zero-order valence-corrected chi connectivity index (χ0v) is 14.6. The summed E-state index contributed by atoms with van der Waals surface area (Å²) in [7, 11) is 1.43. The van der Waals surface area contributed by atoms with Crippen molar-refractivity contribution >= 4 is 16.5 Å². The Balaban J connectivity index is 1.89. The van der Waals surface area contributed by atoms with Gasteiger partial charge >= 0.3 is 0 Å². The van der Waals surface area contributed by atoms with Crippen molar-refractivity contribution < 1.29 is 9.13 Å². The van der Waals surface area contributed by atoms with Crippen LogP contribution in [0.25, 0.3) is 27.5 Å². The van der Waals surface area contributed by atoms with Crippen LogP contribution in [0.2, 0.25) is 0 Å². The Labute approximate surface area is 152 Å². The molecule has 26 heavy (non-hydrogen) atoms. The summed E-state index contributed by atoms with van der Waals surface area (Å²) in [4.78, 5) is 0. The molecular formula is C18H14FN5OS. The molecule has 0 saturated carbocycles. The van der Waals surface area contributed by atoms with Crippen molar-refractivity contribution in [1.29, 1.82) is 0 Å². The molecule has 4 rings (SSSR count). The molecule has 2 aromatic heterocycles. The van der Waals surface area contributed by atoms with Crippen LogP contribution in [0.1, 0.15) is 0 Å². The lowest BCUT2D eigenvalue weighted by Gasteiger charge is -2.04. The Morgan fingerprint density at radius 1 is 1.12 bits per heavy atom. The summed E-state index contributed by atoms with van der Waals surface area (Å²) in [6.07, 6.45) is 1.84. The number of halogens is 1. The smallest absolute Gasteiger partial charge is 0.203 e. The number of methoxy groups -OCH3 is 1. The Morgan fingerprint density at radius 3 is 2.58 bits per heavy atom. The van der Waals surface area contributed by atoms with Crippen LogP contribution in [0.15, 0.2) is 54.7 Å². The number of hydrogen-bond acceptors (Lipinski definition) is 6. The molecule has 8 heteroatoms. The first-order chi connectivity index (χ1) is 12.7. The molecule has 0 amide bonds. The van der Waals surface area contributed by atoms with Crippen molar-refractivity contribution in [2.45, 2.75) is 0 Å². The first-order valence-electron chi connectivity index (χ1n) is 7.74. The maximum Gasteiger partial charge on any atom is 0.203 e.